The van der Waals surface area contributed by atoms with Gasteiger partial charge in [0.1, 0.15) is 5.82 Å². The number of hydrogen-bond acceptors (Lipinski definition) is 0. The Balaban J connectivity index is 1.38. The van der Waals surface area contributed by atoms with Gasteiger partial charge in [-0.1, -0.05) is 106 Å². The van der Waals surface area contributed by atoms with E-state index in [1.807, 2.05) is 30.3 Å². The molecule has 0 N–H and O–H groups in total. The summed E-state index contributed by atoms with van der Waals surface area (Å²) in [4.78, 5) is 0. The van der Waals surface area contributed by atoms with Crippen molar-refractivity contribution >= 4 is 10.8 Å². The van der Waals surface area contributed by atoms with Crippen molar-refractivity contribution in [2.45, 2.75) is 78.1 Å². The molecule has 4 rings (SSSR count). The van der Waals surface area contributed by atoms with E-state index >= 15 is 4.39 Å². The van der Waals surface area contributed by atoms with Crippen molar-refractivity contribution in [1.29, 1.82) is 0 Å². The Kier molecular flexibility index (Phi) is 9.96. The molecule has 0 aliphatic heterocycles. The Morgan fingerprint density at radius 3 is 1.70 bits per heavy atom. The van der Waals surface area contributed by atoms with Crippen LogP contribution in [0.3, 0.4) is 0 Å². The van der Waals surface area contributed by atoms with Gasteiger partial charge in [-0.15, -0.1) is 0 Å². The van der Waals surface area contributed by atoms with Crippen molar-refractivity contribution in [2.75, 3.05) is 0 Å². The van der Waals surface area contributed by atoms with Crippen molar-refractivity contribution in [3.05, 3.63) is 118 Å². The fraction of sp³-hybridized carbons (Fsp3) is 0.333. The van der Waals surface area contributed by atoms with Gasteiger partial charge >= 0.3 is 0 Å². The molecule has 0 aliphatic rings. The van der Waals surface area contributed by atoms with Crippen molar-refractivity contribution in [1.82, 2.24) is 0 Å². The van der Waals surface area contributed by atoms with Crippen LogP contribution in [0, 0.1) is 17.7 Å². The molecule has 0 spiro atoms. The molecule has 0 amide bonds. The predicted octanol–water partition coefficient (Wildman–Crippen LogP) is 9.63. The number of fused-ring (bicyclic) bond motifs is 1. The first-order valence-electron chi connectivity index (χ1n) is 14.1. The van der Waals surface area contributed by atoms with E-state index in [1.54, 1.807) is 0 Å². The Hall–Kier alpha value is -3.37. The molecule has 0 heterocycles. The van der Waals surface area contributed by atoms with Crippen LogP contribution in [-0.4, -0.2) is 0 Å². The average Bonchev–Trinajstić information content (AvgIpc) is 2.93. The van der Waals surface area contributed by atoms with Crippen LogP contribution < -0.4 is 0 Å². The maximum Gasteiger partial charge on any atom is 0.134 e. The topological polar surface area (TPSA) is 0 Å². The highest BCUT2D eigenvalue weighted by atomic mass is 19.1. The molecule has 37 heavy (non-hydrogen) atoms. The predicted molar refractivity (Wildman–Crippen MR) is 157 cm³/mol. The number of halogens is 1. The van der Waals surface area contributed by atoms with Gasteiger partial charge in [0.15, 0.2) is 0 Å². The second kappa shape index (κ2) is 13.8. The number of aryl methyl sites for hydroxylation is 4. The maximum absolute atomic E-state index is 15.3. The lowest BCUT2D eigenvalue weighted by Gasteiger charge is -2.08. The Bertz CT molecular complexity index is 1330. The quantitative estimate of drug-likeness (QED) is 0.145. The minimum Gasteiger partial charge on any atom is -0.206 e. The van der Waals surface area contributed by atoms with Gasteiger partial charge in [-0.05, 0) is 90.4 Å². The fourth-order valence-corrected chi connectivity index (χ4v) is 4.82. The minimum absolute atomic E-state index is 0.105. The third kappa shape index (κ3) is 7.80. The molecular formula is C36H39F. The zero-order valence-corrected chi connectivity index (χ0v) is 22.5. The molecule has 0 aromatic heterocycles. The summed E-state index contributed by atoms with van der Waals surface area (Å²) in [6.45, 7) is 4.46. The molecule has 0 atom stereocenters. The lowest BCUT2D eigenvalue weighted by Crippen LogP contribution is -1.96. The summed E-state index contributed by atoms with van der Waals surface area (Å²) in [5.74, 6) is 6.41. The highest BCUT2D eigenvalue weighted by molar-refractivity contribution is 5.85. The number of hydrogen-bond donors (Lipinski definition) is 0. The second-order valence-electron chi connectivity index (χ2n) is 10.2. The first-order valence-corrected chi connectivity index (χ1v) is 14.1. The van der Waals surface area contributed by atoms with Crippen LogP contribution >= 0.6 is 0 Å². The molecule has 0 aliphatic carbocycles. The van der Waals surface area contributed by atoms with Crippen LogP contribution in [0.15, 0.2) is 78.9 Å². The summed E-state index contributed by atoms with van der Waals surface area (Å²) in [5, 5.41) is 1.57. The summed E-state index contributed by atoms with van der Waals surface area (Å²) in [5.41, 5.74) is 6.72. The van der Waals surface area contributed by atoms with Crippen LogP contribution in [0.1, 0.15) is 85.8 Å². The Morgan fingerprint density at radius 2 is 1.08 bits per heavy atom. The molecular weight excluding hydrogens is 451 g/mol. The highest BCUT2D eigenvalue weighted by Gasteiger charge is 2.08. The van der Waals surface area contributed by atoms with Crippen LogP contribution in [0.5, 0.6) is 0 Å². The molecule has 0 nitrogen and oxygen atoms in total. The summed E-state index contributed by atoms with van der Waals surface area (Å²) in [7, 11) is 0. The van der Waals surface area contributed by atoms with E-state index < -0.39 is 0 Å². The first kappa shape index (κ1) is 26.7. The largest absolute Gasteiger partial charge is 0.206 e. The lowest BCUT2D eigenvalue weighted by atomic mass is 9.98. The van der Waals surface area contributed by atoms with Crippen LogP contribution in [0.25, 0.3) is 10.8 Å². The number of benzene rings is 4. The SMILES string of the molecule is CCCCCc1ccc(C#Cc2ccc3c(F)c(CCc4ccc(CCCCC)cc4)ccc3c2)cc1. The van der Waals surface area contributed by atoms with Crippen LogP contribution in [0.2, 0.25) is 0 Å². The van der Waals surface area contributed by atoms with Crippen molar-refractivity contribution < 1.29 is 4.39 Å². The second-order valence-corrected chi connectivity index (χ2v) is 10.2. The molecule has 0 saturated heterocycles. The van der Waals surface area contributed by atoms with Gasteiger partial charge < -0.3 is 0 Å². The summed E-state index contributed by atoms with van der Waals surface area (Å²) >= 11 is 0. The molecule has 0 unspecified atom stereocenters. The molecule has 4 aromatic carbocycles. The van der Waals surface area contributed by atoms with Gasteiger partial charge in [0, 0.05) is 16.5 Å². The molecule has 0 fully saturated rings. The van der Waals surface area contributed by atoms with Gasteiger partial charge in [0.2, 0.25) is 0 Å². The smallest absolute Gasteiger partial charge is 0.134 e. The van der Waals surface area contributed by atoms with Gasteiger partial charge in [-0.25, -0.2) is 4.39 Å². The fourth-order valence-electron chi connectivity index (χ4n) is 4.82. The first-order chi connectivity index (χ1) is 18.2. The molecule has 4 aromatic rings. The zero-order valence-electron chi connectivity index (χ0n) is 22.5. The molecule has 0 radical (unpaired) electrons. The monoisotopic (exact) mass is 490 g/mol. The normalized spacial score (nSPS) is 10.9. The molecule has 0 bridgehead atoms. The standard InChI is InChI=1S/C36H39F/c1-3-5-7-9-28-11-15-30(16-12-28)19-20-32-22-26-35-34(27-32)25-24-33(36(35)37)23-21-31-17-13-29(14-18-31)10-8-6-4-2/h11-18,22,24-27H,3-10,21,23H2,1-2H3. The summed E-state index contributed by atoms with van der Waals surface area (Å²) < 4.78 is 15.3. The van der Waals surface area contributed by atoms with E-state index in [2.05, 4.69) is 74.2 Å². The molecule has 0 saturated carbocycles. The van der Waals surface area contributed by atoms with E-state index in [-0.39, 0.29) is 5.82 Å². The number of rotatable bonds is 11. The Labute approximate surface area is 223 Å². The van der Waals surface area contributed by atoms with Crippen LogP contribution in [0.4, 0.5) is 4.39 Å². The van der Waals surface area contributed by atoms with Gasteiger partial charge in [-0.2, -0.15) is 0 Å². The summed E-state index contributed by atoms with van der Waals surface area (Å²) in [6.07, 6.45) is 11.4. The zero-order chi connectivity index (χ0) is 25.9. The average molecular weight is 491 g/mol. The van der Waals surface area contributed by atoms with Gasteiger partial charge in [-0.3, -0.25) is 0 Å². The van der Waals surface area contributed by atoms with Crippen molar-refractivity contribution in [3.63, 3.8) is 0 Å². The number of unbranched alkanes of at least 4 members (excludes halogenated alkanes) is 4. The van der Waals surface area contributed by atoms with Crippen LogP contribution in [-0.2, 0) is 25.7 Å². The molecule has 190 valence electrons. The lowest BCUT2D eigenvalue weighted by molar-refractivity contribution is 0.620. The van der Waals surface area contributed by atoms with Gasteiger partial charge in [0.05, 0.1) is 0 Å². The molecule has 1 heteroatoms. The maximum atomic E-state index is 15.3. The van der Waals surface area contributed by atoms with E-state index in [1.165, 1.54) is 55.2 Å². The van der Waals surface area contributed by atoms with E-state index in [9.17, 15) is 0 Å². The van der Waals surface area contributed by atoms with Crippen molar-refractivity contribution in [2.24, 2.45) is 0 Å². The van der Waals surface area contributed by atoms with E-state index in [0.717, 1.165) is 41.3 Å². The third-order valence-electron chi connectivity index (χ3n) is 7.18. The minimum atomic E-state index is -0.105. The van der Waals surface area contributed by atoms with Crippen molar-refractivity contribution in [3.8, 4) is 11.8 Å². The van der Waals surface area contributed by atoms with Gasteiger partial charge in [0.25, 0.3) is 0 Å². The third-order valence-corrected chi connectivity index (χ3v) is 7.18. The highest BCUT2D eigenvalue weighted by Crippen LogP contribution is 2.24. The van der Waals surface area contributed by atoms with E-state index in [0.29, 0.717) is 11.8 Å². The Morgan fingerprint density at radius 1 is 0.541 bits per heavy atom. The van der Waals surface area contributed by atoms with E-state index in [4.69, 9.17) is 0 Å². The summed E-state index contributed by atoms with van der Waals surface area (Å²) in [6, 6.07) is 27.2.